The van der Waals surface area contributed by atoms with Crippen molar-refractivity contribution in [3.63, 3.8) is 0 Å². The Morgan fingerprint density at radius 2 is 2.10 bits per heavy atom. The molecule has 0 saturated carbocycles. The van der Waals surface area contributed by atoms with Gasteiger partial charge >= 0.3 is 0 Å². The Morgan fingerprint density at radius 1 is 1.45 bits per heavy atom. The molecule has 0 bridgehead atoms. The molecule has 1 rings (SSSR count). The predicted octanol–water partition coefficient (Wildman–Crippen LogP) is 2.66. The van der Waals surface area contributed by atoms with Crippen LogP contribution in [0.5, 0.6) is 0 Å². The first-order valence-corrected chi connectivity index (χ1v) is 6.35. The van der Waals surface area contributed by atoms with E-state index >= 15 is 0 Å². The smallest absolute Gasteiger partial charge is 0.263 e. The number of nitrogens with two attached hydrogens (primary N) is 1. The average Bonchev–Trinajstić information content (AvgIpc) is 2.30. The van der Waals surface area contributed by atoms with Crippen molar-refractivity contribution in [3.8, 4) is 6.07 Å². The number of hydrogen-bond acceptors (Lipinski definition) is 4. The molecule has 1 amide bonds. The minimum atomic E-state index is -0.445. The van der Waals surface area contributed by atoms with Crippen LogP contribution in [0.15, 0.2) is 30.0 Å². The van der Waals surface area contributed by atoms with E-state index in [0.717, 1.165) is 0 Å². The number of rotatable bonds is 3. The van der Waals surface area contributed by atoms with Crippen molar-refractivity contribution in [2.45, 2.75) is 26.3 Å². The van der Waals surface area contributed by atoms with E-state index in [2.05, 4.69) is 10.6 Å². The first-order chi connectivity index (χ1) is 9.23. The standard InChI is InChI=1S/C14H17ClN4O/c1-14(2,3)19-13(20)9(7-16)8-18-12-5-4-10(17)6-11(12)15/h4-6,8,18H,17H2,1-3H3,(H,19,20)/b9-8-. The van der Waals surface area contributed by atoms with Crippen LogP contribution in [0.25, 0.3) is 0 Å². The molecule has 1 aromatic rings. The van der Waals surface area contributed by atoms with Crippen LogP contribution in [-0.4, -0.2) is 11.4 Å². The number of amides is 1. The van der Waals surface area contributed by atoms with Gasteiger partial charge in [-0.2, -0.15) is 5.26 Å². The lowest BCUT2D eigenvalue weighted by Gasteiger charge is -2.20. The number of nitrogen functional groups attached to an aromatic ring is 1. The minimum absolute atomic E-state index is 0.0344. The van der Waals surface area contributed by atoms with Crippen LogP contribution in [0.4, 0.5) is 11.4 Å². The first kappa shape index (κ1) is 15.9. The molecule has 0 aliphatic carbocycles. The van der Waals surface area contributed by atoms with Gasteiger partial charge in [0.2, 0.25) is 0 Å². The van der Waals surface area contributed by atoms with Gasteiger partial charge in [0.1, 0.15) is 11.6 Å². The van der Waals surface area contributed by atoms with Crippen LogP contribution in [-0.2, 0) is 4.79 Å². The number of hydrogen-bond donors (Lipinski definition) is 3. The molecule has 6 heteroatoms. The van der Waals surface area contributed by atoms with Gasteiger partial charge in [-0.3, -0.25) is 4.79 Å². The molecule has 106 valence electrons. The normalized spacial score (nSPS) is 11.7. The SMILES string of the molecule is CC(C)(C)NC(=O)/C(C#N)=C\Nc1ccc(N)cc1Cl. The largest absolute Gasteiger partial charge is 0.399 e. The van der Waals surface area contributed by atoms with Gasteiger partial charge in [-0.1, -0.05) is 11.6 Å². The summed E-state index contributed by atoms with van der Waals surface area (Å²) in [5, 5.41) is 15.0. The van der Waals surface area contributed by atoms with Gasteiger partial charge in [0.05, 0.1) is 10.7 Å². The van der Waals surface area contributed by atoms with Crippen LogP contribution in [0.2, 0.25) is 5.02 Å². The Kier molecular flexibility index (Phi) is 5.00. The average molecular weight is 293 g/mol. The highest BCUT2D eigenvalue weighted by Gasteiger charge is 2.17. The molecule has 0 radical (unpaired) electrons. The maximum absolute atomic E-state index is 11.9. The zero-order valence-corrected chi connectivity index (χ0v) is 12.4. The van der Waals surface area contributed by atoms with Crippen LogP contribution in [0, 0.1) is 11.3 Å². The second kappa shape index (κ2) is 6.31. The lowest BCUT2D eigenvalue weighted by molar-refractivity contribution is -0.118. The highest BCUT2D eigenvalue weighted by molar-refractivity contribution is 6.33. The second-order valence-corrected chi connectivity index (χ2v) is 5.66. The van der Waals surface area contributed by atoms with E-state index in [1.54, 1.807) is 18.2 Å². The monoisotopic (exact) mass is 292 g/mol. The maximum Gasteiger partial charge on any atom is 0.263 e. The third-order valence-electron chi connectivity index (χ3n) is 2.22. The molecule has 0 aromatic heterocycles. The molecule has 0 fully saturated rings. The third kappa shape index (κ3) is 4.82. The summed E-state index contributed by atoms with van der Waals surface area (Å²) in [6.07, 6.45) is 1.32. The lowest BCUT2D eigenvalue weighted by atomic mass is 10.1. The Bertz CT molecular complexity index is 582. The van der Waals surface area contributed by atoms with Gasteiger partial charge in [0.15, 0.2) is 0 Å². The molecule has 5 nitrogen and oxygen atoms in total. The van der Waals surface area contributed by atoms with E-state index in [0.29, 0.717) is 16.4 Å². The van der Waals surface area contributed by atoms with Gasteiger partial charge < -0.3 is 16.4 Å². The summed E-state index contributed by atoms with van der Waals surface area (Å²) in [6, 6.07) is 6.77. The van der Waals surface area contributed by atoms with Crippen molar-refractivity contribution in [1.82, 2.24) is 5.32 Å². The Balaban J connectivity index is 2.86. The highest BCUT2D eigenvalue weighted by Crippen LogP contribution is 2.24. The van der Waals surface area contributed by atoms with Crippen LogP contribution in [0.1, 0.15) is 20.8 Å². The number of nitriles is 1. The fourth-order valence-corrected chi connectivity index (χ4v) is 1.60. The Hall–Kier alpha value is -2.19. The molecule has 0 spiro atoms. The van der Waals surface area contributed by atoms with E-state index in [9.17, 15) is 4.79 Å². The van der Waals surface area contributed by atoms with Crippen LogP contribution < -0.4 is 16.4 Å². The van der Waals surface area contributed by atoms with Crippen LogP contribution >= 0.6 is 11.6 Å². The third-order valence-corrected chi connectivity index (χ3v) is 2.53. The molecule has 0 aliphatic heterocycles. The van der Waals surface area contributed by atoms with Gasteiger partial charge in [-0.15, -0.1) is 0 Å². The molecule has 20 heavy (non-hydrogen) atoms. The summed E-state index contributed by atoms with van der Waals surface area (Å²) in [4.78, 5) is 11.9. The van der Waals surface area contributed by atoms with E-state index < -0.39 is 11.4 Å². The van der Waals surface area contributed by atoms with E-state index in [-0.39, 0.29) is 5.57 Å². The Morgan fingerprint density at radius 3 is 2.60 bits per heavy atom. The van der Waals surface area contributed by atoms with Gasteiger partial charge in [0.25, 0.3) is 5.91 Å². The number of halogens is 1. The van der Waals surface area contributed by atoms with Crippen LogP contribution in [0.3, 0.4) is 0 Å². The van der Waals surface area contributed by atoms with Crippen molar-refractivity contribution in [3.05, 3.63) is 35.0 Å². The topological polar surface area (TPSA) is 90.9 Å². The number of anilines is 2. The fourth-order valence-electron chi connectivity index (χ4n) is 1.35. The number of carbonyl (C=O) groups excluding carboxylic acids is 1. The molecule has 0 aliphatic rings. The fraction of sp³-hybridized carbons (Fsp3) is 0.286. The van der Waals surface area contributed by atoms with Crippen molar-refractivity contribution < 1.29 is 4.79 Å². The van der Waals surface area contributed by atoms with Crippen molar-refractivity contribution in [2.75, 3.05) is 11.1 Å². The molecule has 0 unspecified atom stereocenters. The molecule has 0 atom stereocenters. The van der Waals surface area contributed by atoms with Crippen molar-refractivity contribution in [2.24, 2.45) is 0 Å². The van der Waals surface area contributed by atoms with Gasteiger partial charge in [-0.25, -0.2) is 0 Å². The number of nitrogens with zero attached hydrogens (tertiary/aromatic N) is 1. The number of carbonyl (C=O) groups is 1. The van der Waals surface area contributed by atoms with Crippen molar-refractivity contribution >= 4 is 28.9 Å². The van der Waals surface area contributed by atoms with Gasteiger partial charge in [-0.05, 0) is 39.0 Å². The minimum Gasteiger partial charge on any atom is -0.399 e. The highest BCUT2D eigenvalue weighted by atomic mass is 35.5. The zero-order chi connectivity index (χ0) is 15.3. The number of nitrogens with one attached hydrogen (secondary N) is 2. The first-order valence-electron chi connectivity index (χ1n) is 5.97. The maximum atomic E-state index is 11.9. The van der Waals surface area contributed by atoms with E-state index in [1.807, 2.05) is 26.8 Å². The molecular weight excluding hydrogens is 276 g/mol. The summed E-state index contributed by atoms with van der Waals surface area (Å²) in [6.45, 7) is 5.51. The number of benzene rings is 1. The Labute approximate surface area is 123 Å². The molecule has 0 saturated heterocycles. The van der Waals surface area contributed by atoms with E-state index in [1.165, 1.54) is 6.20 Å². The summed E-state index contributed by atoms with van der Waals surface area (Å²) in [5.41, 5.74) is 6.24. The molecule has 1 aromatic carbocycles. The summed E-state index contributed by atoms with van der Waals surface area (Å²) < 4.78 is 0. The molecular formula is C14H17ClN4O. The summed E-state index contributed by atoms with van der Waals surface area (Å²) in [7, 11) is 0. The molecule has 4 N–H and O–H groups in total. The second-order valence-electron chi connectivity index (χ2n) is 5.26. The summed E-state index contributed by atoms with van der Waals surface area (Å²) in [5.74, 6) is -0.445. The van der Waals surface area contributed by atoms with E-state index in [4.69, 9.17) is 22.6 Å². The van der Waals surface area contributed by atoms with Crippen molar-refractivity contribution in [1.29, 1.82) is 5.26 Å². The van der Waals surface area contributed by atoms with Gasteiger partial charge in [0, 0.05) is 17.4 Å². The predicted molar refractivity (Wildman–Crippen MR) is 81.1 cm³/mol. The molecule has 0 heterocycles. The quantitative estimate of drug-likeness (QED) is 0.454. The lowest BCUT2D eigenvalue weighted by Crippen LogP contribution is -2.41. The summed E-state index contributed by atoms with van der Waals surface area (Å²) >= 11 is 5.99. The zero-order valence-electron chi connectivity index (χ0n) is 11.6.